The zero-order valence-corrected chi connectivity index (χ0v) is 21.0. The number of anilines is 1. The van der Waals surface area contributed by atoms with Crippen LogP contribution in [0.5, 0.6) is 11.5 Å². The summed E-state index contributed by atoms with van der Waals surface area (Å²) in [5.41, 5.74) is 2.53. The molecule has 1 amide bonds. The molecule has 1 atom stereocenters. The lowest BCUT2D eigenvalue weighted by Crippen LogP contribution is -2.29. The monoisotopic (exact) mass is 501 g/mol. The van der Waals surface area contributed by atoms with Crippen LogP contribution in [0.4, 0.5) is 5.69 Å². The van der Waals surface area contributed by atoms with Crippen LogP contribution in [0.1, 0.15) is 40.0 Å². The van der Waals surface area contributed by atoms with E-state index in [1.54, 1.807) is 30.3 Å². The van der Waals surface area contributed by atoms with E-state index in [0.29, 0.717) is 28.3 Å². The Labute approximate surface area is 214 Å². The van der Waals surface area contributed by atoms with Gasteiger partial charge in [0.2, 0.25) is 0 Å². The van der Waals surface area contributed by atoms with Gasteiger partial charge in [0, 0.05) is 5.69 Å². The van der Waals surface area contributed by atoms with Crippen LogP contribution in [0, 0.1) is 0 Å². The molecule has 3 aromatic rings. The fourth-order valence-electron chi connectivity index (χ4n) is 4.37. The number of hydrogen-bond acceptors (Lipinski definition) is 7. The third-order valence-corrected chi connectivity index (χ3v) is 6.38. The Morgan fingerprint density at radius 3 is 2.16 bits per heavy atom. The predicted octanol–water partition coefficient (Wildman–Crippen LogP) is 4.68. The van der Waals surface area contributed by atoms with Crippen LogP contribution >= 0.6 is 0 Å². The fraction of sp³-hybridized carbons (Fsp3) is 0.207. The maximum Gasteiger partial charge on any atom is 0.337 e. The zero-order valence-electron chi connectivity index (χ0n) is 21.0. The maximum atomic E-state index is 13.4. The molecule has 37 heavy (non-hydrogen) atoms. The van der Waals surface area contributed by atoms with Gasteiger partial charge in [-0.15, -0.1) is 0 Å². The molecule has 0 aromatic heterocycles. The number of amides is 1. The summed E-state index contributed by atoms with van der Waals surface area (Å²) in [4.78, 5) is 40.0. The Morgan fingerprint density at radius 2 is 1.59 bits per heavy atom. The second kappa shape index (κ2) is 10.6. The molecule has 3 aromatic carbocycles. The molecule has 8 heteroatoms. The van der Waals surface area contributed by atoms with Crippen LogP contribution in [0.2, 0.25) is 0 Å². The van der Waals surface area contributed by atoms with Gasteiger partial charge in [-0.1, -0.05) is 31.2 Å². The molecule has 190 valence electrons. The predicted molar refractivity (Wildman–Crippen MR) is 138 cm³/mol. The normalized spacial score (nSPS) is 16.5. The molecule has 0 saturated carbocycles. The average Bonchev–Trinajstić information content (AvgIpc) is 3.21. The molecule has 0 radical (unpaired) electrons. The molecule has 1 N–H and O–H groups in total. The smallest absolute Gasteiger partial charge is 0.337 e. The highest BCUT2D eigenvalue weighted by Gasteiger charge is 2.47. The number of Topliss-reactive ketones (excluding diaryl/α,β-unsaturated/α-hetero) is 1. The van der Waals surface area contributed by atoms with Crippen LogP contribution < -0.4 is 14.4 Å². The van der Waals surface area contributed by atoms with E-state index in [-0.39, 0.29) is 16.9 Å². The maximum absolute atomic E-state index is 13.4. The van der Waals surface area contributed by atoms with Gasteiger partial charge in [0.25, 0.3) is 11.7 Å². The highest BCUT2D eigenvalue weighted by Crippen LogP contribution is 2.43. The SMILES string of the molecule is CCc1ccc(C2/C(=C(\O)c3cc(OC)ccc3OC)C(=O)C(=O)N2c2ccc(C(=O)OC)cc2)cc1. The number of benzene rings is 3. The summed E-state index contributed by atoms with van der Waals surface area (Å²) in [5, 5.41) is 11.5. The van der Waals surface area contributed by atoms with Gasteiger partial charge >= 0.3 is 5.97 Å². The number of aliphatic hydroxyl groups is 1. The third kappa shape index (κ3) is 4.65. The van der Waals surface area contributed by atoms with E-state index < -0.39 is 23.7 Å². The summed E-state index contributed by atoms with van der Waals surface area (Å²) in [6.07, 6.45) is 0.816. The van der Waals surface area contributed by atoms with Crippen molar-refractivity contribution in [3.8, 4) is 11.5 Å². The van der Waals surface area contributed by atoms with Crippen molar-refractivity contribution >= 4 is 29.1 Å². The summed E-state index contributed by atoms with van der Waals surface area (Å²) in [6.45, 7) is 2.03. The van der Waals surface area contributed by atoms with Crippen molar-refractivity contribution in [3.63, 3.8) is 0 Å². The van der Waals surface area contributed by atoms with Crippen molar-refractivity contribution in [1.82, 2.24) is 0 Å². The van der Waals surface area contributed by atoms with E-state index in [1.807, 2.05) is 31.2 Å². The first kappa shape index (κ1) is 25.5. The molecule has 1 saturated heterocycles. The minimum absolute atomic E-state index is 0.0853. The minimum Gasteiger partial charge on any atom is -0.507 e. The van der Waals surface area contributed by atoms with Gasteiger partial charge in [0.15, 0.2) is 0 Å². The van der Waals surface area contributed by atoms with Crippen LogP contribution in [0.3, 0.4) is 0 Å². The van der Waals surface area contributed by atoms with Gasteiger partial charge in [-0.2, -0.15) is 0 Å². The van der Waals surface area contributed by atoms with Crippen molar-refractivity contribution < 1.29 is 33.7 Å². The number of carbonyl (C=O) groups excluding carboxylic acids is 3. The number of esters is 1. The van der Waals surface area contributed by atoms with Crippen LogP contribution in [0.15, 0.2) is 72.3 Å². The van der Waals surface area contributed by atoms with Crippen LogP contribution in [-0.2, 0) is 20.7 Å². The second-order valence-electron chi connectivity index (χ2n) is 8.37. The lowest BCUT2D eigenvalue weighted by molar-refractivity contribution is -0.132. The van der Waals surface area contributed by atoms with Gasteiger partial charge in [-0.25, -0.2) is 4.79 Å². The number of rotatable bonds is 7. The minimum atomic E-state index is -0.925. The highest BCUT2D eigenvalue weighted by atomic mass is 16.5. The largest absolute Gasteiger partial charge is 0.507 e. The standard InChI is InChI=1S/C29H27NO7/c1-5-17-6-8-18(9-7-17)25-24(26(31)22-16-21(35-2)14-15-23(22)36-3)27(32)28(33)30(25)20-12-10-19(11-13-20)29(34)37-4/h6-16,25,31H,5H2,1-4H3/b26-24+. The van der Waals surface area contributed by atoms with Gasteiger partial charge in [0.05, 0.1) is 44.1 Å². The molecule has 0 bridgehead atoms. The van der Waals surface area contributed by atoms with E-state index in [4.69, 9.17) is 14.2 Å². The lowest BCUT2D eigenvalue weighted by atomic mass is 9.94. The van der Waals surface area contributed by atoms with Gasteiger partial charge in [-0.3, -0.25) is 14.5 Å². The summed E-state index contributed by atoms with van der Waals surface area (Å²) in [5.74, 6) is -1.80. The van der Waals surface area contributed by atoms with E-state index in [1.165, 1.54) is 38.4 Å². The topological polar surface area (TPSA) is 102 Å². The van der Waals surface area contributed by atoms with Crippen LogP contribution in [-0.4, -0.2) is 44.1 Å². The quantitative estimate of drug-likeness (QED) is 0.217. The highest BCUT2D eigenvalue weighted by molar-refractivity contribution is 6.51. The molecule has 1 unspecified atom stereocenters. The zero-order chi connectivity index (χ0) is 26.7. The number of hydrogen-bond donors (Lipinski definition) is 1. The van der Waals surface area contributed by atoms with E-state index in [0.717, 1.165) is 12.0 Å². The molecule has 0 aliphatic carbocycles. The van der Waals surface area contributed by atoms with Crippen molar-refractivity contribution in [2.75, 3.05) is 26.2 Å². The summed E-state index contributed by atoms with van der Waals surface area (Å²) in [7, 11) is 4.21. The van der Waals surface area contributed by atoms with E-state index >= 15 is 0 Å². The Balaban J connectivity index is 1.93. The van der Waals surface area contributed by atoms with Gasteiger partial charge in [-0.05, 0) is 60.0 Å². The van der Waals surface area contributed by atoms with Gasteiger partial charge in [0.1, 0.15) is 17.3 Å². The first-order valence-corrected chi connectivity index (χ1v) is 11.6. The molecular formula is C29H27NO7. The van der Waals surface area contributed by atoms with E-state index in [2.05, 4.69) is 0 Å². The number of aliphatic hydroxyl groups excluding tert-OH is 1. The Morgan fingerprint density at radius 1 is 0.919 bits per heavy atom. The van der Waals surface area contributed by atoms with Crippen molar-refractivity contribution in [1.29, 1.82) is 0 Å². The summed E-state index contributed by atoms with van der Waals surface area (Å²) < 4.78 is 15.5. The number of methoxy groups -OCH3 is 3. The molecule has 4 rings (SSSR count). The van der Waals surface area contributed by atoms with Crippen molar-refractivity contribution in [2.45, 2.75) is 19.4 Å². The van der Waals surface area contributed by atoms with E-state index in [9.17, 15) is 19.5 Å². The van der Waals surface area contributed by atoms with Crippen LogP contribution in [0.25, 0.3) is 5.76 Å². The molecule has 1 fully saturated rings. The summed E-state index contributed by atoms with van der Waals surface area (Å²) in [6, 6.07) is 17.6. The third-order valence-electron chi connectivity index (χ3n) is 6.38. The van der Waals surface area contributed by atoms with Crippen molar-refractivity contribution in [3.05, 3.63) is 94.6 Å². The number of ether oxygens (including phenoxy) is 3. The second-order valence-corrected chi connectivity index (χ2v) is 8.37. The molecule has 1 heterocycles. The number of carbonyl (C=O) groups is 3. The number of nitrogens with zero attached hydrogens (tertiary/aromatic N) is 1. The lowest BCUT2D eigenvalue weighted by Gasteiger charge is -2.26. The first-order chi connectivity index (χ1) is 17.8. The molecule has 1 aliphatic heterocycles. The molecule has 8 nitrogen and oxygen atoms in total. The van der Waals surface area contributed by atoms with Gasteiger partial charge < -0.3 is 19.3 Å². The Bertz CT molecular complexity index is 1370. The Hall–Kier alpha value is -4.59. The Kier molecular flexibility index (Phi) is 7.29. The van der Waals surface area contributed by atoms with Crippen molar-refractivity contribution in [2.24, 2.45) is 0 Å². The average molecular weight is 502 g/mol. The molecule has 0 spiro atoms. The molecule has 1 aliphatic rings. The summed E-state index contributed by atoms with van der Waals surface area (Å²) >= 11 is 0. The number of aryl methyl sites for hydroxylation is 1. The first-order valence-electron chi connectivity index (χ1n) is 11.6. The number of ketones is 1. The molecular weight excluding hydrogens is 474 g/mol. The fourth-order valence-corrected chi connectivity index (χ4v) is 4.37.